The van der Waals surface area contributed by atoms with Gasteiger partial charge in [0.05, 0.1) is 24.6 Å². The van der Waals surface area contributed by atoms with E-state index in [4.69, 9.17) is 9.15 Å². The zero-order chi connectivity index (χ0) is 13.0. The number of aromatic nitrogens is 1. The van der Waals surface area contributed by atoms with Gasteiger partial charge in [0.1, 0.15) is 5.76 Å². The maximum Gasteiger partial charge on any atom is 0.212 e. The molecule has 102 valence electrons. The Labute approximate surface area is 107 Å². The third-order valence-corrected chi connectivity index (χ3v) is 4.20. The molecule has 1 N–H and O–H groups in total. The molecule has 2 heterocycles. The number of rotatable bonds is 6. The maximum atomic E-state index is 11.7. The molecule has 0 saturated carbocycles. The van der Waals surface area contributed by atoms with Gasteiger partial charge in [-0.2, -0.15) is 0 Å². The van der Waals surface area contributed by atoms with Crippen molar-refractivity contribution in [2.45, 2.75) is 38.8 Å². The molecule has 1 saturated heterocycles. The van der Waals surface area contributed by atoms with Crippen molar-refractivity contribution < 1.29 is 17.6 Å². The van der Waals surface area contributed by atoms with Crippen LogP contribution >= 0.6 is 0 Å². The van der Waals surface area contributed by atoms with Crippen molar-refractivity contribution in [1.82, 2.24) is 9.71 Å². The van der Waals surface area contributed by atoms with Crippen molar-refractivity contribution in [3.8, 4) is 0 Å². The van der Waals surface area contributed by atoms with E-state index < -0.39 is 10.0 Å². The Morgan fingerprint density at radius 1 is 1.56 bits per heavy atom. The number of ether oxygens (including phenoxy) is 1. The average Bonchev–Trinajstić information content (AvgIpc) is 2.95. The smallest absolute Gasteiger partial charge is 0.212 e. The summed E-state index contributed by atoms with van der Waals surface area (Å²) in [6, 6.07) is 0. The van der Waals surface area contributed by atoms with Crippen LogP contribution in [0.3, 0.4) is 0 Å². The molecule has 1 aliphatic rings. The van der Waals surface area contributed by atoms with Crippen molar-refractivity contribution in [2.24, 2.45) is 0 Å². The molecule has 0 aliphatic carbocycles. The number of sulfonamides is 1. The van der Waals surface area contributed by atoms with Crippen molar-refractivity contribution in [1.29, 1.82) is 0 Å². The fraction of sp³-hybridized carbons (Fsp3) is 0.727. The normalized spacial score (nSPS) is 20.4. The van der Waals surface area contributed by atoms with Crippen molar-refractivity contribution in [3.05, 3.63) is 17.8 Å². The Morgan fingerprint density at radius 2 is 2.39 bits per heavy atom. The van der Waals surface area contributed by atoms with Crippen LogP contribution in [-0.4, -0.2) is 31.9 Å². The highest BCUT2D eigenvalue weighted by atomic mass is 32.2. The lowest BCUT2D eigenvalue weighted by Gasteiger charge is -2.09. The number of nitrogens with zero attached hydrogens (tertiary/aromatic N) is 1. The summed E-state index contributed by atoms with van der Waals surface area (Å²) in [6.07, 6.45) is 4.17. The van der Waals surface area contributed by atoms with Crippen LogP contribution in [0.2, 0.25) is 0 Å². The molecular weight excluding hydrogens is 256 g/mol. The van der Waals surface area contributed by atoms with Gasteiger partial charge in [0, 0.05) is 6.61 Å². The van der Waals surface area contributed by atoms with Gasteiger partial charge < -0.3 is 9.15 Å². The molecule has 0 aromatic carbocycles. The second-order valence-corrected chi connectivity index (χ2v) is 6.35. The number of nitrogens with one attached hydrogen (secondary N) is 1. The van der Waals surface area contributed by atoms with Crippen LogP contribution in [-0.2, 0) is 21.3 Å². The molecule has 1 aromatic rings. The van der Waals surface area contributed by atoms with Crippen LogP contribution in [0.15, 0.2) is 10.6 Å². The van der Waals surface area contributed by atoms with Crippen LogP contribution in [0, 0.1) is 6.92 Å². The molecule has 18 heavy (non-hydrogen) atoms. The first-order valence-corrected chi connectivity index (χ1v) is 7.71. The maximum absolute atomic E-state index is 11.7. The molecule has 1 aromatic heterocycles. The molecular formula is C11H18N2O4S. The number of hydrogen-bond donors (Lipinski definition) is 1. The minimum atomic E-state index is -3.29. The van der Waals surface area contributed by atoms with E-state index in [-0.39, 0.29) is 18.4 Å². The zero-order valence-electron chi connectivity index (χ0n) is 10.4. The van der Waals surface area contributed by atoms with Gasteiger partial charge in [-0.25, -0.2) is 18.1 Å². The van der Waals surface area contributed by atoms with Gasteiger partial charge >= 0.3 is 0 Å². The highest BCUT2D eigenvalue weighted by Crippen LogP contribution is 2.15. The summed E-state index contributed by atoms with van der Waals surface area (Å²) in [5.74, 6) is 1.13. The quantitative estimate of drug-likeness (QED) is 0.836. The third-order valence-electron chi connectivity index (χ3n) is 2.84. The molecule has 0 spiro atoms. The largest absolute Gasteiger partial charge is 0.445 e. The number of hydrogen-bond acceptors (Lipinski definition) is 5. The van der Waals surface area contributed by atoms with E-state index in [1.54, 1.807) is 13.1 Å². The summed E-state index contributed by atoms with van der Waals surface area (Å²) < 4.78 is 36.5. The van der Waals surface area contributed by atoms with E-state index in [2.05, 4.69) is 9.71 Å². The fourth-order valence-corrected chi connectivity index (χ4v) is 2.95. The van der Waals surface area contributed by atoms with Crippen LogP contribution < -0.4 is 4.72 Å². The van der Waals surface area contributed by atoms with Crippen molar-refractivity contribution in [2.75, 3.05) is 12.4 Å². The Kier molecular flexibility index (Phi) is 4.36. The summed E-state index contributed by atoms with van der Waals surface area (Å²) in [5.41, 5.74) is 0. The number of oxazole rings is 1. The molecule has 2 rings (SSSR count). The summed E-state index contributed by atoms with van der Waals surface area (Å²) in [4.78, 5) is 3.94. The van der Waals surface area contributed by atoms with Gasteiger partial charge in [-0.3, -0.25) is 0 Å². The van der Waals surface area contributed by atoms with Crippen molar-refractivity contribution in [3.63, 3.8) is 0 Å². The summed E-state index contributed by atoms with van der Waals surface area (Å²) in [6.45, 7) is 2.61. The van der Waals surface area contributed by atoms with Crippen LogP contribution in [0.1, 0.15) is 30.9 Å². The van der Waals surface area contributed by atoms with E-state index in [1.807, 2.05) is 0 Å². The van der Waals surface area contributed by atoms with Gasteiger partial charge in [0.25, 0.3) is 0 Å². The third kappa shape index (κ3) is 4.08. The lowest BCUT2D eigenvalue weighted by molar-refractivity contribution is 0.109. The first-order valence-electron chi connectivity index (χ1n) is 6.05. The summed E-state index contributed by atoms with van der Waals surface area (Å²) in [7, 11) is -3.29. The Morgan fingerprint density at radius 3 is 3.00 bits per heavy atom. The number of aryl methyl sites for hydroxylation is 1. The predicted molar refractivity (Wildman–Crippen MR) is 65.5 cm³/mol. The molecule has 0 bridgehead atoms. The van der Waals surface area contributed by atoms with E-state index in [9.17, 15) is 8.42 Å². The van der Waals surface area contributed by atoms with Gasteiger partial charge in [0.15, 0.2) is 0 Å². The Bertz CT molecular complexity index is 477. The Balaban J connectivity index is 1.76. The minimum absolute atomic E-state index is 0.0807. The van der Waals surface area contributed by atoms with E-state index in [0.29, 0.717) is 18.1 Å². The first-order chi connectivity index (χ1) is 8.55. The average molecular weight is 274 g/mol. The topological polar surface area (TPSA) is 81.4 Å². The van der Waals surface area contributed by atoms with Gasteiger partial charge in [-0.1, -0.05) is 0 Å². The molecule has 0 radical (unpaired) electrons. The molecule has 1 atom stereocenters. The first kappa shape index (κ1) is 13.5. The van der Waals surface area contributed by atoms with Crippen LogP contribution in [0.4, 0.5) is 0 Å². The van der Waals surface area contributed by atoms with Gasteiger partial charge in [-0.15, -0.1) is 0 Å². The SMILES string of the molecule is Cc1cnc(CNS(=O)(=O)CC[C@@H]2CCCO2)o1. The fourth-order valence-electron chi connectivity index (χ4n) is 1.89. The molecule has 1 aliphatic heterocycles. The molecule has 7 heteroatoms. The standard InChI is InChI=1S/C11H18N2O4S/c1-9-7-12-11(17-9)8-13-18(14,15)6-4-10-3-2-5-16-10/h7,10,13H,2-6,8H2,1H3/t10-/m0/s1. The van der Waals surface area contributed by atoms with Crippen LogP contribution in [0.5, 0.6) is 0 Å². The lowest BCUT2D eigenvalue weighted by atomic mass is 10.2. The van der Waals surface area contributed by atoms with E-state index in [0.717, 1.165) is 19.4 Å². The lowest BCUT2D eigenvalue weighted by Crippen LogP contribution is -2.27. The molecule has 1 fully saturated rings. The van der Waals surface area contributed by atoms with Gasteiger partial charge in [-0.05, 0) is 26.2 Å². The minimum Gasteiger partial charge on any atom is -0.445 e. The summed E-state index contributed by atoms with van der Waals surface area (Å²) >= 11 is 0. The second-order valence-electron chi connectivity index (χ2n) is 4.43. The summed E-state index contributed by atoms with van der Waals surface area (Å²) in [5, 5.41) is 0. The van der Waals surface area contributed by atoms with Gasteiger partial charge in [0.2, 0.25) is 15.9 Å². The Hall–Kier alpha value is -0.920. The second kappa shape index (κ2) is 5.81. The predicted octanol–water partition coefficient (Wildman–Crippen LogP) is 0.972. The monoisotopic (exact) mass is 274 g/mol. The highest BCUT2D eigenvalue weighted by molar-refractivity contribution is 7.89. The zero-order valence-corrected chi connectivity index (χ0v) is 11.2. The molecule has 0 unspecified atom stereocenters. The molecule has 0 amide bonds. The molecule has 6 nitrogen and oxygen atoms in total. The van der Waals surface area contributed by atoms with Crippen LogP contribution in [0.25, 0.3) is 0 Å². The highest BCUT2D eigenvalue weighted by Gasteiger charge is 2.19. The van der Waals surface area contributed by atoms with E-state index in [1.165, 1.54) is 0 Å². The van der Waals surface area contributed by atoms with E-state index >= 15 is 0 Å². The van der Waals surface area contributed by atoms with Crippen molar-refractivity contribution >= 4 is 10.0 Å².